The molecule has 0 saturated carbocycles. The Balaban J connectivity index is 2.74. The normalized spacial score (nSPS) is 13.5. The summed E-state index contributed by atoms with van der Waals surface area (Å²) in [6, 6.07) is 1.98. The van der Waals surface area contributed by atoms with Crippen LogP contribution in [0.4, 0.5) is 0 Å². The fourth-order valence-corrected chi connectivity index (χ4v) is 1.86. The molecule has 0 bridgehead atoms. The monoisotopic (exact) mass is 175 g/mol. The lowest BCUT2D eigenvalue weighted by Crippen LogP contribution is -2.06. The first-order valence-electron chi connectivity index (χ1n) is 3.18. The second kappa shape index (κ2) is 3.37. The summed E-state index contributed by atoms with van der Waals surface area (Å²) >= 11 is 7.40. The summed E-state index contributed by atoms with van der Waals surface area (Å²) in [4.78, 5) is 1.27. The molecule has 0 radical (unpaired) electrons. The fraction of sp³-hybridized carbons (Fsp3) is 0.429. The lowest BCUT2D eigenvalue weighted by atomic mass is 10.1. The minimum absolute atomic E-state index is 0.442. The van der Waals surface area contributed by atoms with Crippen LogP contribution in [0.1, 0.15) is 17.7 Å². The quantitative estimate of drug-likeness (QED) is 0.735. The highest BCUT2D eigenvalue weighted by atomic mass is 35.5. The van der Waals surface area contributed by atoms with Crippen LogP contribution in [0.2, 0.25) is 5.02 Å². The molecule has 0 aromatic carbocycles. The molecule has 0 spiro atoms. The largest absolute Gasteiger partial charge is 0.330 e. The van der Waals surface area contributed by atoms with Gasteiger partial charge in [-0.05, 0) is 12.6 Å². The Hall–Kier alpha value is -0.0500. The van der Waals surface area contributed by atoms with Crippen LogP contribution < -0.4 is 5.73 Å². The zero-order chi connectivity index (χ0) is 7.56. The third-order valence-corrected chi connectivity index (χ3v) is 2.94. The molecule has 1 aromatic heterocycles. The van der Waals surface area contributed by atoms with Gasteiger partial charge in [0.05, 0.1) is 5.02 Å². The van der Waals surface area contributed by atoms with Crippen molar-refractivity contribution in [1.82, 2.24) is 0 Å². The average Bonchev–Trinajstić information content (AvgIpc) is 2.34. The molecule has 0 fully saturated rings. The summed E-state index contributed by atoms with van der Waals surface area (Å²) in [5.41, 5.74) is 5.48. The predicted octanol–water partition coefficient (Wildman–Crippen LogP) is 2.46. The van der Waals surface area contributed by atoms with E-state index in [2.05, 4.69) is 6.92 Å². The van der Waals surface area contributed by atoms with Gasteiger partial charge in [0, 0.05) is 16.2 Å². The molecular weight excluding hydrogens is 166 g/mol. The van der Waals surface area contributed by atoms with Crippen molar-refractivity contribution < 1.29 is 0 Å². The van der Waals surface area contributed by atoms with Gasteiger partial charge in [-0.15, -0.1) is 11.3 Å². The van der Waals surface area contributed by atoms with E-state index in [1.54, 1.807) is 11.3 Å². The van der Waals surface area contributed by atoms with Crippen LogP contribution in [0.15, 0.2) is 11.4 Å². The van der Waals surface area contributed by atoms with Crippen LogP contribution in [-0.4, -0.2) is 6.54 Å². The van der Waals surface area contributed by atoms with E-state index >= 15 is 0 Å². The average molecular weight is 176 g/mol. The second-order valence-electron chi connectivity index (χ2n) is 2.30. The van der Waals surface area contributed by atoms with Crippen molar-refractivity contribution in [3.63, 3.8) is 0 Å². The summed E-state index contributed by atoms with van der Waals surface area (Å²) in [5, 5.41) is 2.75. The molecule has 1 nitrogen and oxygen atoms in total. The maximum Gasteiger partial charge on any atom is 0.0515 e. The molecule has 1 aromatic rings. The van der Waals surface area contributed by atoms with Gasteiger partial charge in [0.25, 0.3) is 0 Å². The molecule has 0 saturated heterocycles. The minimum atomic E-state index is 0.442. The molecule has 1 rings (SSSR count). The molecule has 3 heteroatoms. The Bertz CT molecular complexity index is 209. The van der Waals surface area contributed by atoms with E-state index in [-0.39, 0.29) is 0 Å². The summed E-state index contributed by atoms with van der Waals surface area (Å²) in [7, 11) is 0. The Kier molecular flexibility index (Phi) is 2.72. The van der Waals surface area contributed by atoms with Crippen LogP contribution in [0.25, 0.3) is 0 Å². The van der Waals surface area contributed by atoms with E-state index < -0.39 is 0 Å². The van der Waals surface area contributed by atoms with Crippen molar-refractivity contribution in [2.45, 2.75) is 12.8 Å². The maximum absolute atomic E-state index is 5.73. The summed E-state index contributed by atoms with van der Waals surface area (Å²) < 4.78 is 0. The molecule has 56 valence electrons. The number of hydrogen-bond acceptors (Lipinski definition) is 2. The number of hydrogen-bond donors (Lipinski definition) is 1. The van der Waals surface area contributed by atoms with Gasteiger partial charge in [0.1, 0.15) is 0 Å². The van der Waals surface area contributed by atoms with Crippen LogP contribution in [0.5, 0.6) is 0 Å². The van der Waals surface area contributed by atoms with E-state index in [0.29, 0.717) is 12.5 Å². The number of nitrogens with two attached hydrogens (primary N) is 1. The van der Waals surface area contributed by atoms with E-state index in [9.17, 15) is 0 Å². The van der Waals surface area contributed by atoms with Crippen molar-refractivity contribution >= 4 is 22.9 Å². The highest BCUT2D eigenvalue weighted by Crippen LogP contribution is 2.25. The van der Waals surface area contributed by atoms with Gasteiger partial charge in [0.15, 0.2) is 0 Å². The summed E-state index contributed by atoms with van der Waals surface area (Å²) in [6.07, 6.45) is 0. The first kappa shape index (κ1) is 8.05. The van der Waals surface area contributed by atoms with Crippen molar-refractivity contribution in [3.05, 3.63) is 21.3 Å². The number of thiophene rings is 1. The van der Waals surface area contributed by atoms with E-state index in [0.717, 1.165) is 5.02 Å². The zero-order valence-corrected chi connectivity index (χ0v) is 7.38. The zero-order valence-electron chi connectivity index (χ0n) is 5.80. The van der Waals surface area contributed by atoms with Gasteiger partial charge < -0.3 is 5.73 Å². The van der Waals surface area contributed by atoms with Crippen molar-refractivity contribution in [2.24, 2.45) is 5.73 Å². The molecule has 1 heterocycles. The lowest BCUT2D eigenvalue weighted by Gasteiger charge is -2.02. The van der Waals surface area contributed by atoms with E-state index in [1.165, 1.54) is 4.88 Å². The first-order valence-corrected chi connectivity index (χ1v) is 4.43. The molecule has 0 aliphatic rings. The van der Waals surface area contributed by atoms with Crippen LogP contribution >= 0.6 is 22.9 Å². The van der Waals surface area contributed by atoms with Gasteiger partial charge in [-0.1, -0.05) is 18.5 Å². The van der Waals surface area contributed by atoms with Crippen LogP contribution in [0.3, 0.4) is 0 Å². The Morgan fingerprint density at radius 2 is 2.50 bits per heavy atom. The fourth-order valence-electron chi connectivity index (χ4n) is 0.703. The van der Waals surface area contributed by atoms with Gasteiger partial charge in [-0.3, -0.25) is 0 Å². The maximum atomic E-state index is 5.73. The molecule has 2 N–H and O–H groups in total. The van der Waals surface area contributed by atoms with Crippen LogP contribution in [0, 0.1) is 0 Å². The van der Waals surface area contributed by atoms with Gasteiger partial charge in [-0.2, -0.15) is 0 Å². The lowest BCUT2D eigenvalue weighted by molar-refractivity contribution is 0.790. The molecule has 10 heavy (non-hydrogen) atoms. The third kappa shape index (κ3) is 1.72. The van der Waals surface area contributed by atoms with Gasteiger partial charge >= 0.3 is 0 Å². The highest BCUT2D eigenvalue weighted by molar-refractivity contribution is 7.10. The predicted molar refractivity (Wildman–Crippen MR) is 46.8 cm³/mol. The number of rotatable bonds is 2. The van der Waals surface area contributed by atoms with Crippen molar-refractivity contribution in [2.75, 3.05) is 6.54 Å². The van der Waals surface area contributed by atoms with Gasteiger partial charge in [-0.25, -0.2) is 0 Å². The van der Waals surface area contributed by atoms with E-state index in [4.69, 9.17) is 17.3 Å². The van der Waals surface area contributed by atoms with E-state index in [1.807, 2.05) is 11.4 Å². The standard InChI is InChI=1S/C7H10ClNS/c1-5(3-9)7-2-6(8)4-10-7/h2,4-5H,3,9H2,1H3. The molecule has 1 atom stereocenters. The van der Waals surface area contributed by atoms with Crippen molar-refractivity contribution in [1.29, 1.82) is 0 Å². The topological polar surface area (TPSA) is 26.0 Å². The second-order valence-corrected chi connectivity index (χ2v) is 3.68. The Morgan fingerprint density at radius 3 is 2.90 bits per heavy atom. The molecule has 0 aliphatic carbocycles. The summed E-state index contributed by atoms with van der Waals surface area (Å²) in [6.45, 7) is 2.79. The Labute approximate surface area is 69.8 Å². The summed E-state index contributed by atoms with van der Waals surface area (Å²) in [5.74, 6) is 0.442. The van der Waals surface area contributed by atoms with Crippen molar-refractivity contribution in [3.8, 4) is 0 Å². The SMILES string of the molecule is CC(CN)c1cc(Cl)cs1. The third-order valence-electron chi connectivity index (χ3n) is 1.43. The van der Waals surface area contributed by atoms with Crippen LogP contribution in [-0.2, 0) is 0 Å². The highest BCUT2D eigenvalue weighted by Gasteiger charge is 2.04. The molecular formula is C7H10ClNS. The number of halogens is 1. The molecule has 0 amide bonds. The Morgan fingerprint density at radius 1 is 1.80 bits per heavy atom. The first-order chi connectivity index (χ1) is 4.74. The minimum Gasteiger partial charge on any atom is -0.330 e. The molecule has 0 aliphatic heterocycles. The smallest absolute Gasteiger partial charge is 0.0515 e. The molecule has 1 unspecified atom stereocenters. The van der Waals surface area contributed by atoms with Gasteiger partial charge in [0.2, 0.25) is 0 Å².